The predicted molar refractivity (Wildman–Crippen MR) is 81.9 cm³/mol. The lowest BCUT2D eigenvalue weighted by Gasteiger charge is -2.17. The van der Waals surface area contributed by atoms with Crippen LogP contribution in [-0.4, -0.2) is 4.90 Å². The van der Waals surface area contributed by atoms with Crippen LogP contribution >= 0.6 is 0 Å². The van der Waals surface area contributed by atoms with Crippen molar-refractivity contribution in [2.75, 3.05) is 0 Å². The smallest absolute Gasteiger partial charge is 0.193 e. The van der Waals surface area contributed by atoms with Crippen molar-refractivity contribution in [3.05, 3.63) is 90.3 Å². The summed E-state index contributed by atoms with van der Waals surface area (Å²) in [5.41, 5.74) is 3.61. The molecular weight excluding hydrogens is 571 g/mol. The molecule has 19 heteroatoms. The van der Waals surface area contributed by atoms with Gasteiger partial charge in [0.25, 0.3) is 0 Å². The van der Waals surface area contributed by atoms with Gasteiger partial charge >= 0.3 is 0 Å². The molecule has 206 valence electrons. The maximum Gasteiger partial charge on any atom is 0.193 e. The monoisotopic (exact) mass is 590 g/mol. The van der Waals surface area contributed by atoms with Crippen molar-refractivity contribution in [3.63, 3.8) is 0 Å². The van der Waals surface area contributed by atoms with Gasteiger partial charge in [-0.3, -0.25) is 4.90 Å². The fourth-order valence-electron chi connectivity index (χ4n) is 2.48. The Kier molecular flexibility index (Phi) is 16.3. The summed E-state index contributed by atoms with van der Waals surface area (Å²) in [7, 11) is -14.8. The average molecular weight is 592 g/mol. The van der Waals surface area contributed by atoms with Crippen LogP contribution in [0, 0.1) is 30.7 Å². The molecule has 0 aliphatic rings. The van der Waals surface area contributed by atoms with Crippen LogP contribution in [0.2, 0.25) is 0 Å². The Hall–Kier alpha value is -2.20. The molecule has 0 atom stereocenters. The lowest BCUT2D eigenvalue weighted by atomic mass is 10.2. The third kappa shape index (κ3) is 29.9. The summed E-state index contributed by atoms with van der Waals surface area (Å²) in [6.45, 7) is 2.60. The standard InChI is InChI=1S/C18H18N4.3ClHO4/c1-4-10-19-16(7-1)13-22(14-17-8-2-5-11-20-17)15-18-9-3-6-12-21-18;3*2-1(3,4)5/h1-12H,13-15H2;3*(H,2,3,4,5). The second-order valence-electron chi connectivity index (χ2n) is 6.44. The number of nitrogens with zero attached hydrogens (tertiary/aromatic N) is 1. The van der Waals surface area contributed by atoms with Gasteiger partial charge in [-0.15, -0.1) is 30.7 Å². The number of halogens is 3. The van der Waals surface area contributed by atoms with E-state index in [4.69, 9.17) is 55.9 Å². The number of aromatic nitrogens is 3. The number of aromatic amines is 3. The molecule has 3 heterocycles. The maximum absolute atomic E-state index is 8.49. The Bertz CT molecular complexity index is 818. The highest BCUT2D eigenvalue weighted by atomic mass is 35.7. The van der Waals surface area contributed by atoms with Gasteiger partial charge in [0.2, 0.25) is 0 Å². The molecule has 0 amide bonds. The molecule has 0 saturated heterocycles. The highest BCUT2D eigenvalue weighted by Crippen LogP contribution is 2.07. The molecule has 0 saturated carbocycles. The van der Waals surface area contributed by atoms with E-state index >= 15 is 0 Å². The van der Waals surface area contributed by atoms with Crippen molar-refractivity contribution < 1.29 is 102 Å². The minimum absolute atomic E-state index is 0.867. The molecule has 16 nitrogen and oxygen atoms in total. The van der Waals surface area contributed by atoms with Gasteiger partial charge in [0.1, 0.15) is 0 Å². The summed E-state index contributed by atoms with van der Waals surface area (Å²) in [5, 5.41) is 0. The Labute approximate surface area is 216 Å². The van der Waals surface area contributed by atoms with Crippen molar-refractivity contribution in [1.29, 1.82) is 0 Å². The number of nitrogens with one attached hydrogen (secondary N) is 3. The fourth-order valence-corrected chi connectivity index (χ4v) is 2.48. The molecule has 3 rings (SSSR count). The van der Waals surface area contributed by atoms with Gasteiger partial charge in [-0.25, -0.2) is 70.9 Å². The average Bonchev–Trinajstić information content (AvgIpc) is 2.72. The van der Waals surface area contributed by atoms with E-state index in [0.29, 0.717) is 0 Å². The molecule has 37 heavy (non-hydrogen) atoms. The van der Waals surface area contributed by atoms with E-state index in [-0.39, 0.29) is 0 Å². The first-order valence-corrected chi connectivity index (χ1v) is 13.0. The van der Waals surface area contributed by atoms with Gasteiger partial charge in [0.15, 0.2) is 35.7 Å². The predicted octanol–water partition coefficient (Wildman–Crippen LogP) is -12.9. The first-order chi connectivity index (χ1) is 16.9. The molecule has 3 aromatic rings. The van der Waals surface area contributed by atoms with Crippen molar-refractivity contribution in [2.24, 2.45) is 0 Å². The van der Waals surface area contributed by atoms with Gasteiger partial charge in [0.05, 0.1) is 19.6 Å². The normalized spacial score (nSPS) is 11.3. The molecule has 0 bridgehead atoms. The van der Waals surface area contributed by atoms with E-state index < -0.39 is 30.7 Å². The number of H-pyrrole nitrogens is 3. The Morgan fingerprint density at radius 3 is 0.811 bits per heavy atom. The summed E-state index contributed by atoms with van der Waals surface area (Å²) in [6, 6.07) is 18.6. The Morgan fingerprint density at radius 1 is 0.432 bits per heavy atom. The van der Waals surface area contributed by atoms with Crippen LogP contribution in [0.15, 0.2) is 73.2 Å². The lowest BCUT2D eigenvalue weighted by molar-refractivity contribution is -2.00. The van der Waals surface area contributed by atoms with Gasteiger partial charge in [-0.1, -0.05) is 18.2 Å². The molecule has 0 unspecified atom stereocenters. The zero-order valence-corrected chi connectivity index (χ0v) is 20.8. The summed E-state index contributed by atoms with van der Waals surface area (Å²) in [4.78, 5) is 12.3. The molecule has 0 spiro atoms. The first-order valence-electron chi connectivity index (χ1n) is 9.34. The van der Waals surface area contributed by atoms with Crippen LogP contribution in [-0.2, 0) is 19.6 Å². The molecule has 0 fully saturated rings. The van der Waals surface area contributed by atoms with Gasteiger partial charge in [0, 0.05) is 36.4 Å². The molecule has 3 N–H and O–H groups in total. The lowest BCUT2D eigenvalue weighted by Crippen LogP contribution is -2.68. The third-order valence-electron chi connectivity index (χ3n) is 3.50. The Balaban J connectivity index is 0.000000711. The van der Waals surface area contributed by atoms with Gasteiger partial charge in [-0.05, 0) is 0 Å². The number of pyridine rings is 3. The fraction of sp³-hybridized carbons (Fsp3) is 0.167. The van der Waals surface area contributed by atoms with Crippen molar-refractivity contribution in [1.82, 2.24) is 4.90 Å². The molecular formula is C18H21Cl3N4O12. The van der Waals surface area contributed by atoms with Crippen molar-refractivity contribution >= 4 is 0 Å². The second kappa shape index (κ2) is 17.3. The van der Waals surface area contributed by atoms with E-state index in [0.717, 1.165) is 19.6 Å². The number of hydrogen-bond acceptors (Lipinski definition) is 13. The van der Waals surface area contributed by atoms with E-state index in [2.05, 4.69) is 56.3 Å². The molecule has 3 aromatic heterocycles. The Morgan fingerprint density at radius 2 is 0.649 bits per heavy atom. The highest BCUT2D eigenvalue weighted by molar-refractivity contribution is 5.01. The van der Waals surface area contributed by atoms with Crippen LogP contribution in [0.5, 0.6) is 0 Å². The van der Waals surface area contributed by atoms with Crippen LogP contribution in [0.25, 0.3) is 0 Å². The van der Waals surface area contributed by atoms with E-state index in [1.165, 1.54) is 17.1 Å². The molecule has 0 radical (unpaired) electrons. The van der Waals surface area contributed by atoms with E-state index in [1.807, 2.05) is 36.8 Å². The van der Waals surface area contributed by atoms with Crippen LogP contribution in [0.1, 0.15) is 17.1 Å². The zero-order chi connectivity index (χ0) is 28.5. The minimum atomic E-state index is -4.94. The molecule has 0 aromatic carbocycles. The second-order valence-corrected chi connectivity index (χ2v) is 8.71. The van der Waals surface area contributed by atoms with Crippen LogP contribution < -0.4 is 70.9 Å². The molecule has 0 aliphatic heterocycles. The van der Waals surface area contributed by atoms with Gasteiger partial charge in [-0.2, -0.15) is 0 Å². The minimum Gasteiger partial charge on any atom is -0.273 e. The van der Waals surface area contributed by atoms with E-state index in [1.54, 1.807) is 0 Å². The highest BCUT2D eigenvalue weighted by Gasteiger charge is 2.16. The quantitative estimate of drug-likeness (QED) is 0.257. The van der Waals surface area contributed by atoms with Crippen LogP contribution in [0.4, 0.5) is 0 Å². The summed E-state index contributed by atoms with van der Waals surface area (Å²) in [5.74, 6) is 0. The topological polar surface area (TPSA) is 322 Å². The SMILES string of the molecule is [O-][Cl+3]([O-])([O-])[O-].[O-][Cl+3]([O-])([O-])[O-].[O-][Cl+3]([O-])([O-])[O-].c1ccc(CN(Cc2cccc[nH+]2)Cc2cccc[nH+]2)[nH+]c1. The largest absolute Gasteiger partial charge is 0.273 e. The number of rotatable bonds is 6. The summed E-state index contributed by atoms with van der Waals surface area (Å²) < 4.78 is 102. The zero-order valence-electron chi connectivity index (χ0n) is 18.5. The first kappa shape index (κ1) is 34.8. The summed E-state index contributed by atoms with van der Waals surface area (Å²) in [6.07, 6.45) is 5.91. The van der Waals surface area contributed by atoms with Crippen LogP contribution in [0.3, 0.4) is 0 Å². The number of hydrogen-bond donors (Lipinski definition) is 0. The van der Waals surface area contributed by atoms with E-state index in [9.17, 15) is 0 Å². The third-order valence-corrected chi connectivity index (χ3v) is 3.50. The van der Waals surface area contributed by atoms with Crippen molar-refractivity contribution in [2.45, 2.75) is 19.6 Å². The van der Waals surface area contributed by atoms with Gasteiger partial charge < -0.3 is 0 Å². The maximum atomic E-state index is 8.49. The molecule has 0 aliphatic carbocycles. The summed E-state index contributed by atoms with van der Waals surface area (Å²) >= 11 is 0. The van der Waals surface area contributed by atoms with Crippen molar-refractivity contribution in [3.8, 4) is 0 Å².